The highest BCUT2D eigenvalue weighted by atomic mass is 35.5. The van der Waals surface area contributed by atoms with E-state index in [1.54, 1.807) is 11.8 Å². The Morgan fingerprint density at radius 2 is 1.88 bits per heavy atom. The van der Waals surface area contributed by atoms with Crippen LogP contribution < -0.4 is 5.32 Å². The summed E-state index contributed by atoms with van der Waals surface area (Å²) < 4.78 is 0. The molecule has 0 fully saturated rings. The molecule has 0 spiro atoms. The number of thioether (sulfide) groups is 1. The monoisotopic (exact) mass is 373 g/mol. The molecule has 132 valence electrons. The lowest BCUT2D eigenvalue weighted by Crippen LogP contribution is -2.34. The lowest BCUT2D eigenvalue weighted by molar-refractivity contribution is -0.121. The number of halogens is 1. The topological polar surface area (TPSA) is 29.1 Å². The molecule has 0 saturated heterocycles. The lowest BCUT2D eigenvalue weighted by Gasteiger charge is -2.20. The first-order valence-corrected chi connectivity index (χ1v) is 10.2. The highest BCUT2D eigenvalue weighted by molar-refractivity contribution is 8.00. The minimum atomic E-state index is -0.0990. The van der Waals surface area contributed by atoms with Crippen molar-refractivity contribution in [3.63, 3.8) is 0 Å². The van der Waals surface area contributed by atoms with Gasteiger partial charge in [0.05, 0.1) is 11.3 Å². The van der Waals surface area contributed by atoms with E-state index >= 15 is 0 Å². The second-order valence-electron chi connectivity index (χ2n) is 6.58. The fourth-order valence-electron chi connectivity index (χ4n) is 3.25. The second-order valence-corrected chi connectivity index (χ2v) is 8.29. The molecule has 0 radical (unpaired) electrons. The normalized spacial score (nSPS) is 15.5. The number of hydrogen-bond donors (Lipinski definition) is 1. The van der Waals surface area contributed by atoms with E-state index < -0.39 is 0 Å². The van der Waals surface area contributed by atoms with Gasteiger partial charge in [0.15, 0.2) is 0 Å². The van der Waals surface area contributed by atoms with E-state index in [4.69, 9.17) is 11.6 Å². The quantitative estimate of drug-likeness (QED) is 0.670. The van der Waals surface area contributed by atoms with Crippen molar-refractivity contribution in [2.45, 2.75) is 55.7 Å². The summed E-state index contributed by atoms with van der Waals surface area (Å²) in [5, 5.41) is 3.80. The van der Waals surface area contributed by atoms with Gasteiger partial charge < -0.3 is 5.32 Å². The van der Waals surface area contributed by atoms with Crippen LogP contribution in [0.1, 0.15) is 49.4 Å². The Kier molecular flexibility index (Phi) is 6.08. The van der Waals surface area contributed by atoms with Crippen LogP contribution in [-0.4, -0.2) is 11.2 Å². The molecule has 2 nitrogen and oxygen atoms in total. The van der Waals surface area contributed by atoms with Crippen molar-refractivity contribution in [3.05, 3.63) is 64.2 Å². The summed E-state index contributed by atoms with van der Waals surface area (Å²) in [6.45, 7) is 4.11. The van der Waals surface area contributed by atoms with Crippen LogP contribution in [0.2, 0.25) is 5.02 Å². The average Bonchev–Trinajstić information content (AvgIpc) is 3.08. The molecule has 1 aliphatic rings. The van der Waals surface area contributed by atoms with E-state index in [1.807, 2.05) is 31.2 Å². The van der Waals surface area contributed by atoms with Crippen LogP contribution in [0.25, 0.3) is 0 Å². The van der Waals surface area contributed by atoms with Crippen LogP contribution in [0, 0.1) is 0 Å². The molecule has 4 heteroatoms. The molecule has 1 aliphatic carbocycles. The first-order valence-electron chi connectivity index (χ1n) is 8.91. The summed E-state index contributed by atoms with van der Waals surface area (Å²) in [7, 11) is 0. The van der Waals surface area contributed by atoms with Crippen molar-refractivity contribution in [2.24, 2.45) is 0 Å². The van der Waals surface area contributed by atoms with Gasteiger partial charge in [-0.05, 0) is 73.6 Å². The fraction of sp³-hybridized carbons (Fsp3) is 0.381. The van der Waals surface area contributed by atoms with Gasteiger partial charge in [-0.25, -0.2) is 0 Å². The van der Waals surface area contributed by atoms with Crippen LogP contribution >= 0.6 is 23.4 Å². The molecular weight excluding hydrogens is 350 g/mol. The number of benzene rings is 2. The number of nitrogens with one attached hydrogen (secondary N) is 1. The summed E-state index contributed by atoms with van der Waals surface area (Å²) in [6.07, 6.45) is 4.38. The predicted molar refractivity (Wildman–Crippen MR) is 106 cm³/mol. The third kappa shape index (κ3) is 4.59. The Labute approximate surface area is 159 Å². The van der Waals surface area contributed by atoms with E-state index in [-0.39, 0.29) is 17.2 Å². The van der Waals surface area contributed by atoms with Crippen molar-refractivity contribution in [1.29, 1.82) is 0 Å². The van der Waals surface area contributed by atoms with Crippen LogP contribution in [0.15, 0.2) is 47.4 Å². The van der Waals surface area contributed by atoms with Gasteiger partial charge in [0.25, 0.3) is 0 Å². The molecule has 0 aromatic heterocycles. The molecule has 1 N–H and O–H groups in total. The Morgan fingerprint density at radius 3 is 2.60 bits per heavy atom. The zero-order valence-corrected chi connectivity index (χ0v) is 16.3. The van der Waals surface area contributed by atoms with Crippen molar-refractivity contribution in [1.82, 2.24) is 5.32 Å². The average molecular weight is 374 g/mol. The molecular formula is C21H24ClNOS. The third-order valence-electron chi connectivity index (χ3n) is 4.74. The summed E-state index contributed by atoms with van der Waals surface area (Å²) in [6, 6.07) is 14.3. The van der Waals surface area contributed by atoms with E-state index in [0.29, 0.717) is 5.02 Å². The molecule has 0 heterocycles. The number of carbonyl (C=O) groups excluding carboxylic acids is 1. The molecule has 1 amide bonds. The maximum atomic E-state index is 12.7. The zero-order valence-electron chi connectivity index (χ0n) is 14.7. The number of rotatable bonds is 6. The fourth-order valence-corrected chi connectivity index (χ4v) is 4.34. The Hall–Kier alpha value is -1.45. The van der Waals surface area contributed by atoms with Crippen molar-refractivity contribution < 1.29 is 4.79 Å². The number of carbonyl (C=O) groups is 1. The molecule has 3 rings (SSSR count). The Balaban J connectivity index is 1.63. The van der Waals surface area contributed by atoms with Crippen LogP contribution in [0.4, 0.5) is 0 Å². The number of amides is 1. The molecule has 2 aromatic carbocycles. The van der Waals surface area contributed by atoms with Gasteiger partial charge in [0.2, 0.25) is 5.91 Å². The summed E-state index contributed by atoms with van der Waals surface area (Å²) >= 11 is 7.53. The molecule has 0 saturated carbocycles. The van der Waals surface area contributed by atoms with Gasteiger partial charge in [0, 0.05) is 9.92 Å². The van der Waals surface area contributed by atoms with E-state index in [2.05, 4.69) is 30.4 Å². The minimum absolute atomic E-state index is 0.0262. The zero-order chi connectivity index (χ0) is 17.8. The number of fused-ring (bicyclic) bond motifs is 1. The van der Waals surface area contributed by atoms with E-state index in [9.17, 15) is 4.79 Å². The number of aryl methyl sites for hydroxylation is 2. The summed E-state index contributed by atoms with van der Waals surface area (Å²) in [4.78, 5) is 13.8. The van der Waals surface area contributed by atoms with E-state index in [1.165, 1.54) is 29.5 Å². The largest absolute Gasteiger partial charge is 0.349 e. The molecule has 2 atom stereocenters. The third-order valence-corrected chi connectivity index (χ3v) is 6.36. The standard InChI is InChI=1S/C21H24ClNOS/c1-3-20(25-19-11-9-18(22)10-12-19)21(24)23-14(2)16-8-7-15-5-4-6-17(15)13-16/h7-14,20H,3-6H2,1-2H3,(H,23,24)/t14-,20-/m1/s1. The second kappa shape index (κ2) is 8.29. The van der Waals surface area contributed by atoms with Crippen molar-refractivity contribution in [2.75, 3.05) is 0 Å². The maximum absolute atomic E-state index is 12.7. The van der Waals surface area contributed by atoms with Gasteiger partial charge in [-0.3, -0.25) is 4.79 Å². The van der Waals surface area contributed by atoms with Gasteiger partial charge >= 0.3 is 0 Å². The van der Waals surface area contributed by atoms with Crippen LogP contribution in [0.3, 0.4) is 0 Å². The van der Waals surface area contributed by atoms with Gasteiger partial charge in [-0.15, -0.1) is 11.8 Å². The Bertz CT molecular complexity index is 744. The van der Waals surface area contributed by atoms with Gasteiger partial charge in [-0.2, -0.15) is 0 Å². The first kappa shape index (κ1) is 18.3. The van der Waals surface area contributed by atoms with Gasteiger partial charge in [-0.1, -0.05) is 36.7 Å². The highest BCUT2D eigenvalue weighted by Gasteiger charge is 2.21. The van der Waals surface area contributed by atoms with Crippen LogP contribution in [0.5, 0.6) is 0 Å². The summed E-state index contributed by atoms with van der Waals surface area (Å²) in [5.41, 5.74) is 4.11. The number of hydrogen-bond acceptors (Lipinski definition) is 2. The maximum Gasteiger partial charge on any atom is 0.233 e. The lowest BCUT2D eigenvalue weighted by atomic mass is 10.0. The molecule has 0 bridgehead atoms. The first-order chi connectivity index (χ1) is 12.1. The van der Waals surface area contributed by atoms with E-state index in [0.717, 1.165) is 17.7 Å². The smallest absolute Gasteiger partial charge is 0.233 e. The molecule has 25 heavy (non-hydrogen) atoms. The molecule has 0 aliphatic heterocycles. The van der Waals surface area contributed by atoms with Crippen molar-refractivity contribution >= 4 is 29.3 Å². The molecule has 0 unspecified atom stereocenters. The van der Waals surface area contributed by atoms with Crippen molar-refractivity contribution in [3.8, 4) is 0 Å². The minimum Gasteiger partial charge on any atom is -0.349 e. The SMILES string of the molecule is CC[C@@H](Sc1ccc(Cl)cc1)C(=O)N[C@H](C)c1ccc2c(c1)CCC2. The van der Waals surface area contributed by atoms with Gasteiger partial charge in [0.1, 0.15) is 0 Å². The summed E-state index contributed by atoms with van der Waals surface area (Å²) in [5.74, 6) is 0.0930. The Morgan fingerprint density at radius 1 is 1.16 bits per heavy atom. The van der Waals surface area contributed by atoms with Crippen LogP contribution in [-0.2, 0) is 17.6 Å². The highest BCUT2D eigenvalue weighted by Crippen LogP contribution is 2.28. The predicted octanol–water partition coefficient (Wildman–Crippen LogP) is 5.58. The molecule has 2 aromatic rings.